The molecule has 0 aliphatic carbocycles. The monoisotopic (exact) mass is 350 g/mol. The predicted molar refractivity (Wildman–Crippen MR) is 110 cm³/mol. The van der Waals surface area contributed by atoms with Gasteiger partial charge in [-0.15, -0.1) is 10.2 Å². The van der Waals surface area contributed by atoms with Crippen LogP contribution in [0.5, 0.6) is 0 Å². The molecule has 0 bridgehead atoms. The van der Waals surface area contributed by atoms with Crippen LogP contribution in [-0.4, -0.2) is 15.4 Å². The molecule has 1 heterocycles. The Bertz CT molecular complexity index is 1060. The van der Waals surface area contributed by atoms with Crippen molar-refractivity contribution >= 4 is 17.8 Å². The van der Waals surface area contributed by atoms with Crippen LogP contribution in [0.2, 0.25) is 0 Å². The molecule has 130 valence electrons. The second kappa shape index (κ2) is 7.62. The van der Waals surface area contributed by atoms with E-state index >= 15 is 0 Å². The summed E-state index contributed by atoms with van der Waals surface area (Å²) in [5, 5.41) is 11.8. The van der Waals surface area contributed by atoms with Crippen molar-refractivity contribution in [1.29, 1.82) is 0 Å². The van der Waals surface area contributed by atoms with E-state index in [9.17, 15) is 0 Å². The van der Waals surface area contributed by atoms with E-state index in [0.717, 1.165) is 27.8 Å². The Balaban J connectivity index is 1.86. The molecule has 1 aromatic heterocycles. The first kappa shape index (κ1) is 16.7. The number of nitrogens with two attached hydrogens (primary N) is 1. The molecule has 4 nitrogen and oxygen atoms in total. The highest BCUT2D eigenvalue weighted by Crippen LogP contribution is 2.37. The van der Waals surface area contributed by atoms with Crippen LogP contribution in [0.4, 0.5) is 5.69 Å². The topological polar surface area (TPSA) is 64.7 Å². The van der Waals surface area contributed by atoms with Gasteiger partial charge in [-0.2, -0.15) is 0 Å². The highest BCUT2D eigenvalue weighted by atomic mass is 15.3. The summed E-state index contributed by atoms with van der Waals surface area (Å²) in [6.45, 7) is 0. The summed E-state index contributed by atoms with van der Waals surface area (Å²) in [6, 6.07) is 26.2. The van der Waals surface area contributed by atoms with E-state index < -0.39 is 0 Å². The number of hydrogen-bond donors (Lipinski definition) is 1. The van der Waals surface area contributed by atoms with Gasteiger partial charge in [0, 0.05) is 11.3 Å². The van der Waals surface area contributed by atoms with E-state index in [0.29, 0.717) is 11.4 Å². The van der Waals surface area contributed by atoms with Crippen molar-refractivity contribution in [3.8, 4) is 22.4 Å². The third-order valence-electron chi connectivity index (χ3n) is 4.38. The van der Waals surface area contributed by atoms with Crippen LogP contribution in [0.15, 0.2) is 85.1 Å². The first-order chi connectivity index (χ1) is 13.3. The predicted octanol–water partition coefficient (Wildman–Crippen LogP) is 4.96. The average molecular weight is 350 g/mol. The lowest BCUT2D eigenvalue weighted by Gasteiger charge is -2.14. The van der Waals surface area contributed by atoms with E-state index in [4.69, 9.17) is 5.73 Å². The second-order valence-corrected chi connectivity index (χ2v) is 6.11. The van der Waals surface area contributed by atoms with Crippen LogP contribution in [0, 0.1) is 0 Å². The molecular formula is C23H18N4. The smallest absolute Gasteiger partial charge is 0.0990 e. The Hall–Kier alpha value is -3.79. The van der Waals surface area contributed by atoms with Crippen LogP contribution in [-0.2, 0) is 0 Å². The number of anilines is 1. The van der Waals surface area contributed by atoms with Gasteiger partial charge in [0.1, 0.15) is 0 Å². The number of aromatic nitrogens is 3. The van der Waals surface area contributed by atoms with Gasteiger partial charge in [0.2, 0.25) is 0 Å². The summed E-state index contributed by atoms with van der Waals surface area (Å²) in [5.41, 5.74) is 13.0. The maximum atomic E-state index is 6.58. The quantitative estimate of drug-likeness (QED) is 0.417. The zero-order valence-corrected chi connectivity index (χ0v) is 14.7. The fourth-order valence-corrected chi connectivity index (χ4v) is 3.04. The van der Waals surface area contributed by atoms with E-state index in [1.807, 2.05) is 54.6 Å². The molecule has 3 aromatic carbocycles. The summed E-state index contributed by atoms with van der Waals surface area (Å²) in [5.74, 6) is 0. The zero-order chi connectivity index (χ0) is 18.5. The van der Waals surface area contributed by atoms with Gasteiger partial charge in [-0.25, -0.2) is 0 Å². The van der Waals surface area contributed by atoms with Crippen molar-refractivity contribution in [2.75, 3.05) is 5.73 Å². The minimum Gasteiger partial charge on any atom is -0.398 e. The fourth-order valence-electron chi connectivity index (χ4n) is 3.04. The molecule has 0 radical (unpaired) electrons. The molecule has 0 atom stereocenters. The Labute approximate surface area is 158 Å². The molecule has 0 aliphatic rings. The lowest BCUT2D eigenvalue weighted by Crippen LogP contribution is -1.99. The van der Waals surface area contributed by atoms with Gasteiger partial charge in [-0.05, 0) is 33.5 Å². The van der Waals surface area contributed by atoms with Crippen LogP contribution < -0.4 is 5.73 Å². The summed E-state index contributed by atoms with van der Waals surface area (Å²) in [6.07, 6.45) is 5.70. The van der Waals surface area contributed by atoms with Crippen LogP contribution in [0.3, 0.4) is 0 Å². The minimum atomic E-state index is 0.670. The number of rotatable bonds is 4. The fraction of sp³-hybridized carbons (Fsp3) is 0. The third kappa shape index (κ3) is 3.60. The highest BCUT2D eigenvalue weighted by Gasteiger charge is 2.15. The highest BCUT2D eigenvalue weighted by molar-refractivity contribution is 5.94. The maximum Gasteiger partial charge on any atom is 0.0990 e. The van der Waals surface area contributed by atoms with Crippen LogP contribution in [0.25, 0.3) is 34.5 Å². The van der Waals surface area contributed by atoms with E-state index in [2.05, 4.69) is 51.8 Å². The normalized spacial score (nSPS) is 11.0. The first-order valence-corrected chi connectivity index (χ1v) is 8.69. The number of nitrogens with zero attached hydrogens (tertiary/aromatic N) is 3. The van der Waals surface area contributed by atoms with Crippen molar-refractivity contribution in [2.45, 2.75) is 0 Å². The van der Waals surface area contributed by atoms with Gasteiger partial charge in [-0.3, -0.25) is 0 Å². The Morgan fingerprint density at radius 3 is 2.19 bits per heavy atom. The van der Waals surface area contributed by atoms with Crippen molar-refractivity contribution in [1.82, 2.24) is 15.4 Å². The summed E-state index contributed by atoms with van der Waals surface area (Å²) in [4.78, 5) is 0. The molecule has 0 fully saturated rings. The molecule has 0 saturated carbocycles. The van der Waals surface area contributed by atoms with E-state index in [-0.39, 0.29) is 0 Å². The Morgan fingerprint density at radius 2 is 1.48 bits per heavy atom. The van der Waals surface area contributed by atoms with Gasteiger partial charge in [0.15, 0.2) is 0 Å². The van der Waals surface area contributed by atoms with Crippen LogP contribution >= 0.6 is 0 Å². The Kier molecular flexibility index (Phi) is 4.70. The second-order valence-electron chi connectivity index (χ2n) is 6.11. The zero-order valence-electron chi connectivity index (χ0n) is 14.7. The SMILES string of the molecule is Nc1c(C=Cc2ccccc2)ccc(-c2ccccc2)c1-c1ccnnn1. The summed E-state index contributed by atoms with van der Waals surface area (Å²) < 4.78 is 0. The molecule has 4 heteroatoms. The number of benzene rings is 3. The van der Waals surface area contributed by atoms with Crippen molar-refractivity contribution in [2.24, 2.45) is 0 Å². The van der Waals surface area contributed by atoms with Crippen molar-refractivity contribution < 1.29 is 0 Å². The molecule has 0 spiro atoms. The molecule has 0 unspecified atom stereocenters. The van der Waals surface area contributed by atoms with Gasteiger partial charge in [0.05, 0.1) is 11.9 Å². The molecule has 0 amide bonds. The molecule has 0 saturated heterocycles. The van der Waals surface area contributed by atoms with Crippen LogP contribution in [0.1, 0.15) is 11.1 Å². The van der Waals surface area contributed by atoms with Gasteiger partial charge < -0.3 is 5.73 Å². The Morgan fingerprint density at radius 1 is 0.741 bits per heavy atom. The van der Waals surface area contributed by atoms with Gasteiger partial charge in [-0.1, -0.05) is 84.9 Å². The van der Waals surface area contributed by atoms with Gasteiger partial charge in [0.25, 0.3) is 0 Å². The molecule has 2 N–H and O–H groups in total. The average Bonchev–Trinajstić information content (AvgIpc) is 2.74. The van der Waals surface area contributed by atoms with E-state index in [1.54, 1.807) is 6.20 Å². The van der Waals surface area contributed by atoms with E-state index in [1.165, 1.54) is 0 Å². The molecule has 27 heavy (non-hydrogen) atoms. The third-order valence-corrected chi connectivity index (χ3v) is 4.38. The minimum absolute atomic E-state index is 0.670. The summed E-state index contributed by atoms with van der Waals surface area (Å²) >= 11 is 0. The standard InChI is InChI=1S/C23H18N4/c24-23-19(12-11-17-7-3-1-4-8-17)13-14-20(18-9-5-2-6-10-18)22(23)21-15-16-25-27-26-21/h1-16H,24H2. The van der Waals surface area contributed by atoms with Crippen molar-refractivity contribution in [3.63, 3.8) is 0 Å². The number of nitrogen functional groups attached to an aromatic ring is 1. The molecule has 4 aromatic rings. The molecular weight excluding hydrogens is 332 g/mol. The van der Waals surface area contributed by atoms with Crippen molar-refractivity contribution in [3.05, 3.63) is 96.2 Å². The summed E-state index contributed by atoms with van der Waals surface area (Å²) in [7, 11) is 0. The van der Waals surface area contributed by atoms with Gasteiger partial charge >= 0.3 is 0 Å². The lowest BCUT2D eigenvalue weighted by molar-refractivity contribution is 0.871. The first-order valence-electron chi connectivity index (χ1n) is 8.69. The molecule has 0 aliphatic heterocycles. The lowest BCUT2D eigenvalue weighted by atomic mass is 9.93. The largest absolute Gasteiger partial charge is 0.398 e. The number of hydrogen-bond acceptors (Lipinski definition) is 4. The maximum absolute atomic E-state index is 6.58. The molecule has 4 rings (SSSR count).